The lowest BCUT2D eigenvalue weighted by molar-refractivity contribution is -0.0739. The van der Waals surface area contributed by atoms with E-state index in [2.05, 4.69) is 4.98 Å². The summed E-state index contributed by atoms with van der Waals surface area (Å²) < 4.78 is 5.13. The van der Waals surface area contributed by atoms with Gasteiger partial charge >= 0.3 is 0 Å². The molecule has 0 saturated heterocycles. The van der Waals surface area contributed by atoms with Crippen molar-refractivity contribution in [3.8, 4) is 5.75 Å². The number of nitrogens with zero attached hydrogens (tertiary/aromatic N) is 1. The van der Waals surface area contributed by atoms with Crippen LogP contribution in [0.1, 0.15) is 5.69 Å². The van der Waals surface area contributed by atoms with Crippen LogP contribution in [-0.4, -0.2) is 29.4 Å². The number of ether oxygens (including phenoxy) is 1. The average molecular weight is 206 g/mol. The standard InChI is InChI=1S/C11H14N2O2/c1-13(14)7-9-5-8-3-4-10(15-2)6-11(8)12-9/h3-6,12,14H,7H2,1-2H3. The predicted molar refractivity (Wildman–Crippen MR) is 58.1 cm³/mol. The van der Waals surface area contributed by atoms with Crippen LogP contribution >= 0.6 is 0 Å². The Balaban J connectivity index is 2.37. The minimum atomic E-state index is 0.483. The molecule has 0 amide bonds. The monoisotopic (exact) mass is 206 g/mol. The first kappa shape index (κ1) is 10.0. The molecule has 0 aliphatic heterocycles. The number of fused-ring (bicyclic) bond motifs is 1. The van der Waals surface area contributed by atoms with Gasteiger partial charge in [0.05, 0.1) is 13.7 Å². The number of rotatable bonds is 3. The van der Waals surface area contributed by atoms with Gasteiger partial charge in [0.2, 0.25) is 0 Å². The van der Waals surface area contributed by atoms with Gasteiger partial charge in [-0.25, -0.2) is 0 Å². The van der Waals surface area contributed by atoms with E-state index in [1.165, 1.54) is 0 Å². The number of hydroxylamine groups is 2. The molecule has 4 heteroatoms. The van der Waals surface area contributed by atoms with Crippen LogP contribution in [0.4, 0.5) is 0 Å². The number of aromatic amines is 1. The van der Waals surface area contributed by atoms with Crippen LogP contribution in [0, 0.1) is 0 Å². The highest BCUT2D eigenvalue weighted by molar-refractivity contribution is 5.81. The molecule has 0 aliphatic rings. The van der Waals surface area contributed by atoms with E-state index in [1.807, 2.05) is 24.3 Å². The minimum absolute atomic E-state index is 0.483. The maximum atomic E-state index is 9.12. The van der Waals surface area contributed by atoms with Crippen LogP contribution in [0.2, 0.25) is 0 Å². The van der Waals surface area contributed by atoms with E-state index in [4.69, 9.17) is 9.94 Å². The molecule has 0 unspecified atom stereocenters. The van der Waals surface area contributed by atoms with Gasteiger partial charge < -0.3 is 14.9 Å². The van der Waals surface area contributed by atoms with Crippen LogP contribution in [-0.2, 0) is 6.54 Å². The Labute approximate surface area is 88.0 Å². The van der Waals surface area contributed by atoms with E-state index < -0.39 is 0 Å². The zero-order chi connectivity index (χ0) is 10.8. The Hall–Kier alpha value is -1.52. The van der Waals surface area contributed by atoms with Gasteiger partial charge in [0.1, 0.15) is 5.75 Å². The largest absolute Gasteiger partial charge is 0.497 e. The summed E-state index contributed by atoms with van der Waals surface area (Å²) in [7, 11) is 3.26. The molecule has 0 fully saturated rings. The molecule has 80 valence electrons. The number of nitrogens with one attached hydrogen (secondary N) is 1. The van der Waals surface area contributed by atoms with Gasteiger partial charge in [0.15, 0.2) is 0 Å². The molecule has 0 bridgehead atoms. The maximum absolute atomic E-state index is 9.12. The second kappa shape index (κ2) is 3.92. The molecule has 0 spiro atoms. The minimum Gasteiger partial charge on any atom is -0.497 e. The molecule has 15 heavy (non-hydrogen) atoms. The highest BCUT2D eigenvalue weighted by Crippen LogP contribution is 2.21. The van der Waals surface area contributed by atoms with E-state index in [9.17, 15) is 0 Å². The van der Waals surface area contributed by atoms with E-state index in [1.54, 1.807) is 14.2 Å². The lowest BCUT2D eigenvalue weighted by atomic mass is 10.2. The molecular formula is C11H14N2O2. The van der Waals surface area contributed by atoms with E-state index >= 15 is 0 Å². The Kier molecular flexibility index (Phi) is 2.62. The van der Waals surface area contributed by atoms with Crippen molar-refractivity contribution in [1.82, 2.24) is 10.0 Å². The van der Waals surface area contributed by atoms with Gasteiger partial charge in [-0.1, -0.05) is 0 Å². The molecule has 2 rings (SSSR count). The van der Waals surface area contributed by atoms with Gasteiger partial charge in [0, 0.05) is 24.3 Å². The summed E-state index contributed by atoms with van der Waals surface area (Å²) in [5.74, 6) is 0.827. The van der Waals surface area contributed by atoms with Gasteiger partial charge in [-0.3, -0.25) is 0 Å². The number of hydrogen-bond acceptors (Lipinski definition) is 3. The fourth-order valence-electron chi connectivity index (χ4n) is 1.62. The molecule has 0 radical (unpaired) electrons. The number of hydrogen-bond donors (Lipinski definition) is 2. The molecule has 0 atom stereocenters. The highest BCUT2D eigenvalue weighted by Gasteiger charge is 2.03. The van der Waals surface area contributed by atoms with Gasteiger partial charge in [-0.2, -0.15) is 5.06 Å². The van der Waals surface area contributed by atoms with Crippen molar-refractivity contribution in [3.63, 3.8) is 0 Å². The van der Waals surface area contributed by atoms with Crippen molar-refractivity contribution >= 4 is 10.9 Å². The number of methoxy groups -OCH3 is 1. The molecule has 0 aliphatic carbocycles. The molecule has 1 aromatic heterocycles. The first-order chi connectivity index (χ1) is 7.19. The fraction of sp³-hybridized carbons (Fsp3) is 0.273. The number of benzene rings is 1. The van der Waals surface area contributed by atoms with Crippen molar-refractivity contribution in [2.45, 2.75) is 6.54 Å². The molecule has 2 N–H and O–H groups in total. The van der Waals surface area contributed by atoms with E-state index in [0.29, 0.717) is 6.54 Å². The maximum Gasteiger partial charge on any atom is 0.120 e. The van der Waals surface area contributed by atoms with Gasteiger partial charge in [0.25, 0.3) is 0 Å². The molecule has 0 saturated carbocycles. The van der Waals surface area contributed by atoms with Crippen LogP contribution in [0.15, 0.2) is 24.3 Å². The average Bonchev–Trinajstić information content (AvgIpc) is 2.57. The summed E-state index contributed by atoms with van der Waals surface area (Å²) in [5.41, 5.74) is 1.99. The summed E-state index contributed by atoms with van der Waals surface area (Å²) in [6.07, 6.45) is 0. The van der Waals surface area contributed by atoms with Crippen molar-refractivity contribution < 1.29 is 9.94 Å². The van der Waals surface area contributed by atoms with E-state index in [0.717, 1.165) is 27.4 Å². The highest BCUT2D eigenvalue weighted by atomic mass is 16.5. The third kappa shape index (κ3) is 2.11. The third-order valence-electron chi connectivity index (χ3n) is 2.28. The van der Waals surface area contributed by atoms with E-state index in [-0.39, 0.29) is 0 Å². The molecule has 4 nitrogen and oxygen atoms in total. The van der Waals surface area contributed by atoms with Crippen molar-refractivity contribution in [2.24, 2.45) is 0 Å². The zero-order valence-corrected chi connectivity index (χ0v) is 8.82. The third-order valence-corrected chi connectivity index (χ3v) is 2.28. The number of aromatic nitrogens is 1. The van der Waals surface area contributed by atoms with Crippen LogP contribution in [0.3, 0.4) is 0 Å². The lowest BCUT2D eigenvalue weighted by Gasteiger charge is -2.04. The van der Waals surface area contributed by atoms with Gasteiger partial charge in [-0.15, -0.1) is 0 Å². The Morgan fingerprint density at radius 1 is 1.40 bits per heavy atom. The normalized spacial score (nSPS) is 11.2. The molecule has 1 aromatic carbocycles. The second-order valence-electron chi connectivity index (χ2n) is 3.56. The Morgan fingerprint density at radius 3 is 2.87 bits per heavy atom. The molecular weight excluding hydrogens is 192 g/mol. The van der Waals surface area contributed by atoms with Crippen LogP contribution < -0.4 is 4.74 Å². The fourth-order valence-corrected chi connectivity index (χ4v) is 1.62. The quantitative estimate of drug-likeness (QED) is 0.755. The second-order valence-corrected chi connectivity index (χ2v) is 3.56. The van der Waals surface area contributed by atoms with Gasteiger partial charge in [-0.05, 0) is 23.6 Å². The SMILES string of the molecule is COc1ccc2cc(CN(C)O)[nH]c2c1. The molecule has 2 aromatic rings. The zero-order valence-electron chi connectivity index (χ0n) is 8.82. The predicted octanol–water partition coefficient (Wildman–Crippen LogP) is 2.00. The van der Waals surface area contributed by atoms with Crippen LogP contribution in [0.5, 0.6) is 5.75 Å². The summed E-state index contributed by atoms with van der Waals surface area (Å²) >= 11 is 0. The van der Waals surface area contributed by atoms with Crippen molar-refractivity contribution in [3.05, 3.63) is 30.0 Å². The molecule has 1 heterocycles. The summed E-state index contributed by atoms with van der Waals surface area (Å²) in [6.45, 7) is 0.483. The summed E-state index contributed by atoms with van der Waals surface area (Å²) in [6, 6.07) is 7.87. The Morgan fingerprint density at radius 2 is 2.20 bits per heavy atom. The summed E-state index contributed by atoms with van der Waals surface area (Å²) in [5, 5.41) is 11.4. The smallest absolute Gasteiger partial charge is 0.120 e. The first-order valence-corrected chi connectivity index (χ1v) is 4.74. The Bertz CT molecular complexity index is 463. The lowest BCUT2D eigenvalue weighted by Crippen LogP contribution is -2.11. The number of H-pyrrole nitrogens is 1. The first-order valence-electron chi connectivity index (χ1n) is 4.74. The van der Waals surface area contributed by atoms with Crippen molar-refractivity contribution in [1.29, 1.82) is 0 Å². The topological polar surface area (TPSA) is 48.5 Å². The van der Waals surface area contributed by atoms with Crippen LogP contribution in [0.25, 0.3) is 10.9 Å². The van der Waals surface area contributed by atoms with Crippen molar-refractivity contribution in [2.75, 3.05) is 14.2 Å². The summed E-state index contributed by atoms with van der Waals surface area (Å²) in [4.78, 5) is 3.22.